The summed E-state index contributed by atoms with van der Waals surface area (Å²) in [5, 5.41) is 8.06. The maximum absolute atomic E-state index is 12.5. The number of hydrogen-bond donors (Lipinski definition) is 1. The first-order valence-corrected chi connectivity index (χ1v) is 9.80. The highest BCUT2D eigenvalue weighted by Gasteiger charge is 2.35. The lowest BCUT2D eigenvalue weighted by molar-refractivity contribution is -0.126. The minimum absolute atomic E-state index is 0.0843. The summed E-state index contributed by atoms with van der Waals surface area (Å²) in [5.41, 5.74) is 2.18. The summed E-state index contributed by atoms with van der Waals surface area (Å²) in [5.74, 6) is -0.0959. The van der Waals surface area contributed by atoms with E-state index in [1.807, 2.05) is 12.1 Å². The molecule has 29 heavy (non-hydrogen) atoms. The van der Waals surface area contributed by atoms with Gasteiger partial charge in [-0.2, -0.15) is 0 Å². The molecule has 1 aliphatic heterocycles. The fraction of sp³-hybridized carbons (Fsp3) is 0.190. The van der Waals surface area contributed by atoms with E-state index in [-0.39, 0.29) is 24.8 Å². The first-order chi connectivity index (χ1) is 14.0. The van der Waals surface area contributed by atoms with Crippen molar-refractivity contribution in [2.75, 3.05) is 11.4 Å². The fourth-order valence-corrected chi connectivity index (χ4v) is 3.47. The number of nitrogens with zero attached hydrogens (tertiary/aromatic N) is 2. The summed E-state index contributed by atoms with van der Waals surface area (Å²) in [6.45, 7) is 0.558. The van der Waals surface area contributed by atoms with Crippen molar-refractivity contribution in [3.05, 3.63) is 70.3 Å². The molecule has 2 heterocycles. The average molecular weight is 430 g/mol. The van der Waals surface area contributed by atoms with E-state index in [2.05, 4.69) is 10.5 Å². The Morgan fingerprint density at radius 2 is 1.76 bits per heavy atom. The predicted molar refractivity (Wildman–Crippen MR) is 111 cm³/mol. The van der Waals surface area contributed by atoms with Gasteiger partial charge in [0.2, 0.25) is 11.8 Å². The molecule has 2 aromatic carbocycles. The van der Waals surface area contributed by atoms with Crippen LogP contribution < -0.4 is 10.2 Å². The van der Waals surface area contributed by atoms with Gasteiger partial charge in [-0.25, -0.2) is 0 Å². The minimum Gasteiger partial charge on any atom is -0.356 e. The summed E-state index contributed by atoms with van der Waals surface area (Å²) >= 11 is 11.8. The number of aromatic nitrogens is 1. The lowest BCUT2D eigenvalue weighted by atomic mass is 10.1. The van der Waals surface area contributed by atoms with Crippen LogP contribution in [0.4, 0.5) is 5.69 Å². The minimum atomic E-state index is -0.416. The molecular formula is C21H17Cl2N3O3. The molecule has 3 aromatic rings. The Kier molecular flexibility index (Phi) is 5.56. The van der Waals surface area contributed by atoms with Crippen LogP contribution in [0.2, 0.25) is 10.0 Å². The van der Waals surface area contributed by atoms with E-state index >= 15 is 0 Å². The van der Waals surface area contributed by atoms with E-state index in [4.69, 9.17) is 27.7 Å². The molecule has 2 amide bonds. The number of carbonyl (C=O) groups is 2. The third-order valence-electron chi connectivity index (χ3n) is 4.77. The van der Waals surface area contributed by atoms with Crippen LogP contribution in [0.25, 0.3) is 11.3 Å². The molecule has 1 unspecified atom stereocenters. The zero-order valence-corrected chi connectivity index (χ0v) is 16.8. The molecule has 0 bridgehead atoms. The molecule has 1 fully saturated rings. The molecule has 6 nitrogen and oxygen atoms in total. The number of hydrogen-bond acceptors (Lipinski definition) is 4. The molecule has 1 aromatic heterocycles. The lowest BCUT2D eigenvalue weighted by Crippen LogP contribution is -2.32. The number of halogens is 2. The molecule has 0 aliphatic carbocycles. The molecule has 0 radical (unpaired) electrons. The van der Waals surface area contributed by atoms with Gasteiger partial charge in [0.1, 0.15) is 5.69 Å². The smallest absolute Gasteiger partial charge is 0.227 e. The number of carbonyl (C=O) groups excluding carboxylic acids is 2. The van der Waals surface area contributed by atoms with Gasteiger partial charge in [-0.1, -0.05) is 28.4 Å². The molecule has 4 rings (SSSR count). The van der Waals surface area contributed by atoms with Gasteiger partial charge >= 0.3 is 0 Å². The normalized spacial score (nSPS) is 16.3. The molecule has 0 saturated carbocycles. The SMILES string of the molecule is O=C(NCc1cc(-c2ccc(Cl)cc2)on1)C1CC(=O)N(c2ccc(Cl)cc2)C1. The summed E-state index contributed by atoms with van der Waals surface area (Å²) in [7, 11) is 0. The largest absolute Gasteiger partial charge is 0.356 e. The Balaban J connectivity index is 1.35. The highest BCUT2D eigenvalue weighted by Crippen LogP contribution is 2.27. The Morgan fingerprint density at radius 3 is 2.45 bits per heavy atom. The van der Waals surface area contributed by atoms with E-state index in [0.717, 1.165) is 11.3 Å². The van der Waals surface area contributed by atoms with Crippen molar-refractivity contribution in [2.24, 2.45) is 5.92 Å². The van der Waals surface area contributed by atoms with Crippen molar-refractivity contribution in [1.29, 1.82) is 0 Å². The van der Waals surface area contributed by atoms with Crippen LogP contribution in [0, 0.1) is 5.92 Å². The molecule has 1 aliphatic rings. The van der Waals surface area contributed by atoms with Crippen molar-refractivity contribution < 1.29 is 14.1 Å². The van der Waals surface area contributed by atoms with Gasteiger partial charge in [-0.05, 0) is 48.5 Å². The van der Waals surface area contributed by atoms with Crippen molar-refractivity contribution in [3.8, 4) is 11.3 Å². The molecule has 148 valence electrons. The van der Waals surface area contributed by atoms with Crippen LogP contribution in [0.3, 0.4) is 0 Å². The Morgan fingerprint density at radius 1 is 1.10 bits per heavy atom. The second kappa shape index (κ2) is 8.27. The van der Waals surface area contributed by atoms with Gasteiger partial charge in [-0.3, -0.25) is 9.59 Å². The number of nitrogens with one attached hydrogen (secondary N) is 1. The van der Waals surface area contributed by atoms with E-state index in [1.54, 1.807) is 47.4 Å². The Labute approximate surface area is 177 Å². The third-order valence-corrected chi connectivity index (χ3v) is 5.27. The molecule has 1 saturated heterocycles. The van der Waals surface area contributed by atoms with E-state index in [0.29, 0.717) is 28.0 Å². The fourth-order valence-electron chi connectivity index (χ4n) is 3.22. The first-order valence-electron chi connectivity index (χ1n) is 9.05. The van der Waals surface area contributed by atoms with Crippen molar-refractivity contribution in [2.45, 2.75) is 13.0 Å². The van der Waals surface area contributed by atoms with Crippen LogP contribution >= 0.6 is 23.2 Å². The quantitative estimate of drug-likeness (QED) is 0.655. The maximum atomic E-state index is 12.5. The molecule has 0 spiro atoms. The molecule has 1 atom stereocenters. The van der Waals surface area contributed by atoms with Crippen LogP contribution in [-0.2, 0) is 16.1 Å². The monoisotopic (exact) mass is 429 g/mol. The van der Waals surface area contributed by atoms with E-state index in [1.165, 1.54) is 0 Å². The summed E-state index contributed by atoms with van der Waals surface area (Å²) < 4.78 is 5.33. The third kappa shape index (κ3) is 4.44. The van der Waals surface area contributed by atoms with Crippen molar-refractivity contribution >= 4 is 40.7 Å². The zero-order chi connectivity index (χ0) is 20.4. The second-order valence-corrected chi connectivity index (χ2v) is 7.66. The number of rotatable bonds is 5. The standard InChI is InChI=1S/C21H17Cl2N3O3/c22-15-3-1-13(2-4-15)19-10-17(25-29-19)11-24-21(28)14-9-20(27)26(12-14)18-7-5-16(23)6-8-18/h1-8,10,14H,9,11-12H2,(H,24,28). The molecule has 8 heteroatoms. The molecular weight excluding hydrogens is 413 g/mol. The Hall–Kier alpha value is -2.83. The van der Waals surface area contributed by atoms with Gasteiger partial charge in [-0.15, -0.1) is 0 Å². The summed E-state index contributed by atoms with van der Waals surface area (Å²) in [4.78, 5) is 26.4. The van der Waals surface area contributed by atoms with Crippen LogP contribution in [0.15, 0.2) is 59.1 Å². The number of benzene rings is 2. The average Bonchev–Trinajstić information content (AvgIpc) is 3.34. The highest BCUT2D eigenvalue weighted by molar-refractivity contribution is 6.31. The zero-order valence-electron chi connectivity index (χ0n) is 15.3. The van der Waals surface area contributed by atoms with Gasteiger partial charge in [0.15, 0.2) is 5.76 Å². The van der Waals surface area contributed by atoms with E-state index in [9.17, 15) is 9.59 Å². The summed E-state index contributed by atoms with van der Waals surface area (Å²) in [6, 6.07) is 16.0. The number of amides is 2. The highest BCUT2D eigenvalue weighted by atomic mass is 35.5. The predicted octanol–water partition coefficient (Wildman–Crippen LogP) is 4.32. The van der Waals surface area contributed by atoms with Gasteiger partial charge < -0.3 is 14.7 Å². The number of anilines is 1. The van der Waals surface area contributed by atoms with Crippen LogP contribution in [0.1, 0.15) is 12.1 Å². The Bertz CT molecular complexity index is 1030. The first kappa shape index (κ1) is 19.5. The summed E-state index contributed by atoms with van der Waals surface area (Å²) in [6.07, 6.45) is 0.170. The lowest BCUT2D eigenvalue weighted by Gasteiger charge is -2.16. The maximum Gasteiger partial charge on any atom is 0.227 e. The van der Waals surface area contributed by atoms with Crippen molar-refractivity contribution in [3.63, 3.8) is 0 Å². The van der Waals surface area contributed by atoms with Crippen LogP contribution in [-0.4, -0.2) is 23.5 Å². The van der Waals surface area contributed by atoms with Gasteiger partial charge in [0.25, 0.3) is 0 Å². The van der Waals surface area contributed by atoms with Gasteiger partial charge in [0.05, 0.1) is 12.5 Å². The van der Waals surface area contributed by atoms with Crippen LogP contribution in [0.5, 0.6) is 0 Å². The van der Waals surface area contributed by atoms with Crippen molar-refractivity contribution in [1.82, 2.24) is 10.5 Å². The molecule has 1 N–H and O–H groups in total. The second-order valence-electron chi connectivity index (χ2n) is 6.79. The van der Waals surface area contributed by atoms with E-state index < -0.39 is 5.92 Å². The van der Waals surface area contributed by atoms with Gasteiger partial charge in [0, 0.05) is 40.3 Å². The topological polar surface area (TPSA) is 75.4 Å².